The molecule has 0 aliphatic heterocycles. The minimum atomic E-state index is -0.320. The van der Waals surface area contributed by atoms with Crippen molar-refractivity contribution in [2.24, 2.45) is 5.92 Å². The summed E-state index contributed by atoms with van der Waals surface area (Å²) in [6.07, 6.45) is 4.44. The molecular formula is C12H16N6O. The van der Waals surface area contributed by atoms with Crippen molar-refractivity contribution in [1.29, 1.82) is 0 Å². The van der Waals surface area contributed by atoms with Gasteiger partial charge in [0.05, 0.1) is 6.10 Å². The first-order valence-electron chi connectivity index (χ1n) is 6.38. The second-order valence-corrected chi connectivity index (χ2v) is 4.86. The lowest BCUT2D eigenvalue weighted by atomic mass is 10.0. The van der Waals surface area contributed by atoms with Gasteiger partial charge in [0.15, 0.2) is 0 Å². The van der Waals surface area contributed by atoms with E-state index < -0.39 is 0 Å². The van der Waals surface area contributed by atoms with Crippen molar-refractivity contribution in [3.63, 3.8) is 0 Å². The van der Waals surface area contributed by atoms with Crippen LogP contribution in [-0.2, 0) is 0 Å². The van der Waals surface area contributed by atoms with Crippen LogP contribution >= 0.6 is 0 Å². The Morgan fingerprint density at radius 2 is 2.37 bits per heavy atom. The van der Waals surface area contributed by atoms with Gasteiger partial charge in [0.25, 0.3) is 0 Å². The zero-order valence-electron chi connectivity index (χ0n) is 10.4. The molecule has 1 aliphatic rings. The summed E-state index contributed by atoms with van der Waals surface area (Å²) >= 11 is 0. The monoisotopic (exact) mass is 260 g/mol. The Labute approximate surface area is 110 Å². The Morgan fingerprint density at radius 3 is 3.11 bits per heavy atom. The molecule has 2 aromatic heterocycles. The highest BCUT2D eigenvalue weighted by atomic mass is 16.3. The van der Waals surface area contributed by atoms with E-state index in [4.69, 9.17) is 0 Å². The molecule has 0 aromatic carbocycles. The summed E-state index contributed by atoms with van der Waals surface area (Å²) < 4.78 is 0. The average Bonchev–Trinajstić information content (AvgIpc) is 3.07. The molecule has 1 aliphatic carbocycles. The van der Waals surface area contributed by atoms with Gasteiger partial charge in [0.2, 0.25) is 0 Å². The highest BCUT2D eigenvalue weighted by Gasteiger charge is 2.34. The quantitative estimate of drug-likeness (QED) is 0.743. The molecule has 1 saturated carbocycles. The fraction of sp³-hybridized carbons (Fsp3) is 0.500. The van der Waals surface area contributed by atoms with E-state index in [1.165, 1.54) is 6.33 Å². The van der Waals surface area contributed by atoms with Crippen LogP contribution in [0.3, 0.4) is 0 Å². The maximum Gasteiger partial charge on any atom is 0.148 e. The zero-order chi connectivity index (χ0) is 13.1. The van der Waals surface area contributed by atoms with E-state index in [0.29, 0.717) is 6.54 Å². The summed E-state index contributed by atoms with van der Waals surface area (Å²) in [5, 5.41) is 27.8. The second kappa shape index (κ2) is 5.31. The normalized spacial score (nSPS) is 26.5. The Morgan fingerprint density at radius 1 is 1.42 bits per heavy atom. The summed E-state index contributed by atoms with van der Waals surface area (Å²) in [4.78, 5) is 4.16. The minimum absolute atomic E-state index is 0.192. The molecule has 0 unspecified atom stereocenters. The third-order valence-corrected chi connectivity index (χ3v) is 3.60. The Kier molecular flexibility index (Phi) is 3.37. The molecule has 2 heterocycles. The van der Waals surface area contributed by atoms with E-state index >= 15 is 0 Å². The molecule has 0 radical (unpaired) electrons. The lowest BCUT2D eigenvalue weighted by Gasteiger charge is -2.14. The fourth-order valence-corrected chi connectivity index (χ4v) is 2.59. The number of anilines is 1. The highest BCUT2D eigenvalue weighted by molar-refractivity contribution is 5.31. The second-order valence-electron chi connectivity index (χ2n) is 4.86. The number of hydrogen-bond donors (Lipinski definition) is 3. The number of nitrogens with one attached hydrogen (secondary N) is 2. The lowest BCUT2D eigenvalue weighted by molar-refractivity contribution is 0.137. The molecule has 0 amide bonds. The number of hydrogen-bond acceptors (Lipinski definition) is 6. The SMILES string of the molecule is O[C@H]1C[C@H](c2ncn[nH]2)C[C@H]1CNc1cccnn1. The molecular weight excluding hydrogens is 244 g/mol. The summed E-state index contributed by atoms with van der Waals surface area (Å²) in [7, 11) is 0. The van der Waals surface area contributed by atoms with Gasteiger partial charge in [-0.05, 0) is 25.0 Å². The van der Waals surface area contributed by atoms with Crippen molar-refractivity contribution in [3.8, 4) is 0 Å². The van der Waals surface area contributed by atoms with E-state index in [2.05, 4.69) is 30.7 Å². The van der Waals surface area contributed by atoms with Crippen LogP contribution in [-0.4, -0.2) is 43.1 Å². The number of aliphatic hydroxyl groups is 1. The molecule has 7 heteroatoms. The minimum Gasteiger partial charge on any atom is -0.393 e. The number of nitrogens with zero attached hydrogens (tertiary/aromatic N) is 4. The van der Waals surface area contributed by atoms with Crippen LogP contribution in [0, 0.1) is 5.92 Å². The van der Waals surface area contributed by atoms with E-state index in [-0.39, 0.29) is 17.9 Å². The average molecular weight is 260 g/mol. The van der Waals surface area contributed by atoms with Crippen molar-refractivity contribution in [2.45, 2.75) is 24.9 Å². The predicted octanol–water partition coefficient (Wildman–Crippen LogP) is 0.561. The maximum absolute atomic E-state index is 10.1. The summed E-state index contributed by atoms with van der Waals surface area (Å²) in [6.45, 7) is 0.685. The smallest absolute Gasteiger partial charge is 0.148 e. The summed E-state index contributed by atoms with van der Waals surface area (Å²) in [5.74, 6) is 2.04. The van der Waals surface area contributed by atoms with Gasteiger partial charge in [0.1, 0.15) is 18.0 Å². The van der Waals surface area contributed by atoms with Crippen LogP contribution in [0.4, 0.5) is 5.82 Å². The number of H-pyrrole nitrogens is 1. The van der Waals surface area contributed by atoms with Gasteiger partial charge >= 0.3 is 0 Å². The van der Waals surface area contributed by atoms with Gasteiger partial charge in [-0.15, -0.1) is 5.10 Å². The third-order valence-electron chi connectivity index (χ3n) is 3.60. The first kappa shape index (κ1) is 12.0. The Hall–Kier alpha value is -2.02. The van der Waals surface area contributed by atoms with Crippen LogP contribution in [0.15, 0.2) is 24.7 Å². The molecule has 3 N–H and O–H groups in total. The maximum atomic E-state index is 10.1. The molecule has 3 rings (SSSR count). The summed E-state index contributed by atoms with van der Waals surface area (Å²) in [5.41, 5.74) is 0. The van der Waals surface area contributed by atoms with Crippen LogP contribution in [0.25, 0.3) is 0 Å². The molecule has 2 aromatic rings. The first-order valence-corrected chi connectivity index (χ1v) is 6.38. The van der Waals surface area contributed by atoms with Gasteiger partial charge in [-0.25, -0.2) is 4.98 Å². The molecule has 7 nitrogen and oxygen atoms in total. The van der Waals surface area contributed by atoms with Gasteiger partial charge in [-0.1, -0.05) is 0 Å². The van der Waals surface area contributed by atoms with Crippen LogP contribution in [0.1, 0.15) is 24.6 Å². The molecule has 19 heavy (non-hydrogen) atoms. The van der Waals surface area contributed by atoms with Crippen LogP contribution in [0.5, 0.6) is 0 Å². The molecule has 0 spiro atoms. The van der Waals surface area contributed by atoms with Crippen LogP contribution < -0.4 is 5.32 Å². The number of aromatic nitrogens is 5. The van der Waals surface area contributed by atoms with Crippen molar-refractivity contribution in [2.75, 3.05) is 11.9 Å². The first-order chi connectivity index (χ1) is 9.33. The van der Waals surface area contributed by atoms with E-state index in [0.717, 1.165) is 24.5 Å². The third kappa shape index (κ3) is 2.70. The van der Waals surface area contributed by atoms with Gasteiger partial charge in [0, 0.05) is 24.6 Å². The lowest BCUT2D eigenvalue weighted by Crippen LogP contribution is -2.22. The van der Waals surface area contributed by atoms with Crippen molar-refractivity contribution in [1.82, 2.24) is 25.4 Å². The number of aromatic amines is 1. The number of aliphatic hydroxyl groups excluding tert-OH is 1. The largest absolute Gasteiger partial charge is 0.393 e. The summed E-state index contributed by atoms with van der Waals surface area (Å²) in [6, 6.07) is 3.69. The zero-order valence-corrected chi connectivity index (χ0v) is 10.4. The van der Waals surface area contributed by atoms with Crippen molar-refractivity contribution >= 4 is 5.82 Å². The van der Waals surface area contributed by atoms with E-state index in [1.807, 2.05) is 12.1 Å². The Bertz CT molecular complexity index is 502. The highest BCUT2D eigenvalue weighted by Crippen LogP contribution is 2.36. The molecule has 0 saturated heterocycles. The van der Waals surface area contributed by atoms with E-state index in [9.17, 15) is 5.11 Å². The topological polar surface area (TPSA) is 99.6 Å². The standard InChI is InChI=1S/C12H16N6O/c19-10-5-8(12-14-7-16-18-12)4-9(10)6-13-11-2-1-3-15-17-11/h1-3,7-10,19H,4-6H2,(H,13,17)(H,14,16,18)/t8-,9+,10+/m1/s1. The fourth-order valence-electron chi connectivity index (χ4n) is 2.59. The molecule has 3 atom stereocenters. The van der Waals surface area contributed by atoms with Gasteiger partial charge in [-0.3, -0.25) is 5.10 Å². The van der Waals surface area contributed by atoms with Gasteiger partial charge < -0.3 is 10.4 Å². The number of rotatable bonds is 4. The molecule has 0 bridgehead atoms. The Balaban J connectivity index is 1.57. The van der Waals surface area contributed by atoms with Crippen molar-refractivity contribution < 1.29 is 5.11 Å². The van der Waals surface area contributed by atoms with Gasteiger partial charge in [-0.2, -0.15) is 10.2 Å². The van der Waals surface area contributed by atoms with E-state index in [1.54, 1.807) is 6.20 Å². The predicted molar refractivity (Wildman–Crippen MR) is 68.4 cm³/mol. The molecule has 100 valence electrons. The van der Waals surface area contributed by atoms with Crippen LogP contribution in [0.2, 0.25) is 0 Å². The van der Waals surface area contributed by atoms with Crippen molar-refractivity contribution in [3.05, 3.63) is 30.5 Å². The molecule has 1 fully saturated rings.